The van der Waals surface area contributed by atoms with Crippen LogP contribution in [0.1, 0.15) is 90.0 Å². The van der Waals surface area contributed by atoms with Gasteiger partial charge in [-0.3, -0.25) is 9.59 Å². The van der Waals surface area contributed by atoms with Crippen molar-refractivity contribution in [2.45, 2.75) is 74.9 Å². The van der Waals surface area contributed by atoms with Gasteiger partial charge in [0, 0.05) is 24.0 Å². The number of aromatic nitrogens is 3. The van der Waals surface area contributed by atoms with Crippen molar-refractivity contribution >= 4 is 41.0 Å². The fourth-order valence-electron chi connectivity index (χ4n) is 7.49. The highest BCUT2D eigenvalue weighted by atomic mass is 16.5. The predicted molar refractivity (Wildman–Crippen MR) is 169 cm³/mol. The van der Waals surface area contributed by atoms with Crippen LogP contribution in [0, 0.1) is 0 Å². The van der Waals surface area contributed by atoms with Crippen LogP contribution in [-0.4, -0.2) is 68.3 Å². The zero-order valence-corrected chi connectivity index (χ0v) is 25.6. The van der Waals surface area contributed by atoms with Crippen LogP contribution in [0.2, 0.25) is 0 Å². The summed E-state index contributed by atoms with van der Waals surface area (Å²) in [6.07, 6.45) is 15.0. The lowest BCUT2D eigenvalue weighted by Gasteiger charge is -2.38. The smallest absolute Gasteiger partial charge is 0.352 e. The number of rotatable bonds is 7. The number of fused-ring (bicyclic) bond motifs is 2. The maximum absolute atomic E-state index is 13.9. The van der Waals surface area contributed by atoms with Crippen molar-refractivity contribution in [3.8, 4) is 0 Å². The lowest BCUT2D eigenvalue weighted by atomic mass is 9.86. The summed E-state index contributed by atoms with van der Waals surface area (Å²) in [6, 6.07) is 7.38. The molecule has 2 fully saturated rings. The summed E-state index contributed by atoms with van der Waals surface area (Å²) in [4.78, 5) is 44.4. The van der Waals surface area contributed by atoms with E-state index in [1.807, 2.05) is 30.4 Å². The van der Waals surface area contributed by atoms with Crippen molar-refractivity contribution in [1.29, 1.82) is 0 Å². The summed E-state index contributed by atoms with van der Waals surface area (Å²) in [5.41, 5.74) is 1.39. The number of nitrogens with one attached hydrogen (secondary N) is 3. The molecule has 0 spiro atoms. The van der Waals surface area contributed by atoms with Crippen LogP contribution in [-0.2, 0) is 16.6 Å². The second-order valence-corrected chi connectivity index (χ2v) is 12.8. The lowest BCUT2D eigenvalue weighted by Crippen LogP contribution is -2.64. The van der Waals surface area contributed by atoms with Crippen molar-refractivity contribution in [1.82, 2.24) is 30.1 Å². The number of benzene rings is 1. The van der Waals surface area contributed by atoms with Crippen LogP contribution in [0.4, 0.5) is 0 Å². The molecule has 0 radical (unpaired) electrons. The van der Waals surface area contributed by atoms with E-state index in [4.69, 9.17) is 9.72 Å². The van der Waals surface area contributed by atoms with E-state index in [0.29, 0.717) is 50.6 Å². The molecule has 2 aromatic heterocycles. The van der Waals surface area contributed by atoms with Crippen LogP contribution in [0.25, 0.3) is 23.2 Å². The number of amides is 2. The molecule has 3 aromatic rings. The quantitative estimate of drug-likeness (QED) is 0.321. The molecule has 1 saturated heterocycles. The number of hydrogen-bond acceptors (Lipinski definition) is 6. The third-order valence-electron chi connectivity index (χ3n) is 9.97. The molecule has 2 aliphatic carbocycles. The highest BCUT2D eigenvalue weighted by Crippen LogP contribution is 2.36. The Balaban J connectivity index is 1.14. The van der Waals surface area contributed by atoms with Crippen molar-refractivity contribution in [2.24, 2.45) is 7.05 Å². The Bertz CT molecular complexity index is 1810. The van der Waals surface area contributed by atoms with Gasteiger partial charge >= 0.3 is 5.97 Å². The van der Waals surface area contributed by atoms with E-state index in [2.05, 4.69) is 26.6 Å². The molecular formula is C34H40N6O5. The average Bonchev–Trinajstić information content (AvgIpc) is 3.79. The van der Waals surface area contributed by atoms with E-state index >= 15 is 0 Å². The number of aromatic carboxylic acids is 1. The number of nitrogens with zero attached hydrogens (tertiary/aromatic N) is 3. The maximum Gasteiger partial charge on any atom is 0.352 e. The van der Waals surface area contributed by atoms with Crippen molar-refractivity contribution in [3.63, 3.8) is 0 Å². The van der Waals surface area contributed by atoms with Gasteiger partial charge in [-0.05, 0) is 80.8 Å². The number of piperidine rings is 1. The number of ether oxygens (including phenoxy) is 1. The monoisotopic (exact) mass is 612 g/mol. The second-order valence-electron chi connectivity index (χ2n) is 12.8. The minimum Gasteiger partial charge on any atom is -0.500 e. The summed E-state index contributed by atoms with van der Waals surface area (Å²) >= 11 is 0. The molecular weight excluding hydrogens is 572 g/mol. The zero-order chi connectivity index (χ0) is 31.1. The van der Waals surface area contributed by atoms with E-state index < -0.39 is 11.5 Å². The number of carboxylic acids is 1. The lowest BCUT2D eigenvalue weighted by molar-refractivity contribution is -0.128. The summed E-state index contributed by atoms with van der Waals surface area (Å²) in [7, 11) is 1.73. The largest absolute Gasteiger partial charge is 0.500 e. The highest BCUT2D eigenvalue weighted by molar-refractivity contribution is 6.01. The number of hydrogen-bond donors (Lipinski definition) is 4. The fraction of sp³-hybridized carbons (Fsp3) is 0.471. The van der Waals surface area contributed by atoms with Crippen LogP contribution in [0.5, 0.6) is 0 Å². The molecule has 2 unspecified atom stereocenters. The standard InChI is InChI=1S/C34H40N6O5/c1-39-27-10-8-24(17-23(27)19-29(39)32(42)43)36-33(44)34(12-14-35-15-13-34)38-31(41)21-7-9-28-26(18-21)37-30(22-11-16-45-20-22)40(28)25-5-3-2-4-6-25/h7,9-11,16-19,22,24-25,35H,2-6,8,12-15,20H2,1H3,(H,36,44)(H,38,41)(H,42,43). The van der Waals surface area contributed by atoms with E-state index in [9.17, 15) is 19.5 Å². The molecule has 11 nitrogen and oxygen atoms in total. The molecule has 4 aliphatic rings. The summed E-state index contributed by atoms with van der Waals surface area (Å²) in [6.45, 7) is 1.77. The number of carbonyl (C=O) groups excluding carboxylic acids is 2. The van der Waals surface area contributed by atoms with Crippen LogP contribution >= 0.6 is 0 Å². The molecule has 2 amide bonds. The molecule has 45 heavy (non-hydrogen) atoms. The van der Waals surface area contributed by atoms with Crippen molar-refractivity contribution in [3.05, 3.63) is 64.3 Å². The van der Waals surface area contributed by atoms with Crippen LogP contribution in [0.3, 0.4) is 0 Å². The van der Waals surface area contributed by atoms with Gasteiger partial charge < -0.3 is 34.9 Å². The normalized spacial score (nSPS) is 22.6. The Labute approximate surface area is 261 Å². The first-order valence-corrected chi connectivity index (χ1v) is 16.1. The zero-order valence-electron chi connectivity index (χ0n) is 25.6. The molecule has 4 heterocycles. The minimum atomic E-state index is -1.08. The molecule has 7 rings (SSSR count). The van der Waals surface area contributed by atoms with Gasteiger partial charge in [0.1, 0.15) is 23.7 Å². The first-order valence-electron chi connectivity index (χ1n) is 16.1. The van der Waals surface area contributed by atoms with E-state index in [-0.39, 0.29) is 29.5 Å². The van der Waals surface area contributed by atoms with Gasteiger partial charge in [0.15, 0.2) is 0 Å². The van der Waals surface area contributed by atoms with E-state index in [1.54, 1.807) is 23.9 Å². The molecule has 1 saturated carbocycles. The summed E-state index contributed by atoms with van der Waals surface area (Å²) < 4.78 is 9.57. The molecule has 236 valence electrons. The number of carboxylic acid groups (broad SMARTS) is 1. The molecule has 0 bridgehead atoms. The minimum absolute atomic E-state index is 0.0785. The van der Waals surface area contributed by atoms with Gasteiger partial charge in [0.05, 0.1) is 29.3 Å². The third kappa shape index (κ3) is 5.43. The summed E-state index contributed by atoms with van der Waals surface area (Å²) in [5, 5.41) is 20.7. The Morgan fingerprint density at radius 3 is 2.64 bits per heavy atom. The molecule has 1 aromatic carbocycles. The number of carbonyl (C=O) groups is 3. The highest BCUT2D eigenvalue weighted by Gasteiger charge is 2.42. The second kappa shape index (κ2) is 11.8. The first-order chi connectivity index (χ1) is 21.8. The topological polar surface area (TPSA) is 140 Å². The first kappa shape index (κ1) is 29.3. The van der Waals surface area contributed by atoms with Crippen LogP contribution in [0.15, 0.2) is 36.6 Å². The maximum atomic E-state index is 13.9. The summed E-state index contributed by atoms with van der Waals surface area (Å²) in [5.74, 6) is -0.472. The number of imidazole rings is 1. The Hall–Kier alpha value is -4.38. The molecule has 4 N–H and O–H groups in total. The van der Waals surface area contributed by atoms with E-state index in [0.717, 1.165) is 40.3 Å². The Morgan fingerprint density at radius 1 is 1.11 bits per heavy atom. The third-order valence-corrected chi connectivity index (χ3v) is 9.97. The van der Waals surface area contributed by atoms with Gasteiger partial charge in [-0.2, -0.15) is 0 Å². The van der Waals surface area contributed by atoms with Crippen LogP contribution < -0.4 is 26.5 Å². The SMILES string of the molecule is Cn1c(C(=O)O)cc2c1=CCC(NC(=O)C1(NC(=O)c3ccc4c(c3)nc(C3C=COC3)n4C3CCCCC3)CCNCC1)C=2. The van der Waals surface area contributed by atoms with E-state index in [1.165, 1.54) is 19.3 Å². The predicted octanol–water partition coefficient (Wildman–Crippen LogP) is 2.21. The van der Waals surface area contributed by atoms with Gasteiger partial charge in [0.2, 0.25) is 5.91 Å². The molecule has 2 aliphatic heterocycles. The van der Waals surface area contributed by atoms with Crippen molar-refractivity contribution < 1.29 is 24.2 Å². The van der Waals surface area contributed by atoms with Crippen molar-refractivity contribution in [2.75, 3.05) is 19.7 Å². The molecule has 2 atom stereocenters. The van der Waals surface area contributed by atoms with Gasteiger partial charge in [0.25, 0.3) is 5.91 Å². The Morgan fingerprint density at radius 2 is 1.91 bits per heavy atom. The van der Waals surface area contributed by atoms with Gasteiger partial charge in [-0.15, -0.1) is 0 Å². The Kier molecular flexibility index (Phi) is 7.72. The van der Waals surface area contributed by atoms with Gasteiger partial charge in [-0.1, -0.05) is 31.4 Å². The average molecular weight is 613 g/mol. The van der Waals surface area contributed by atoms with Gasteiger partial charge in [-0.25, -0.2) is 9.78 Å². The fourth-order valence-corrected chi connectivity index (χ4v) is 7.49. The molecule has 11 heteroatoms.